The van der Waals surface area contributed by atoms with Gasteiger partial charge in [-0.05, 0) is 39.5 Å². The Hall–Kier alpha value is -5.07. The minimum absolute atomic E-state index is 0.0365. The number of carboxylic acid groups (broad SMARTS) is 2. The number of aliphatic hydroxyl groups excluding tert-OH is 1. The topological polar surface area (TPSA) is 408 Å². The van der Waals surface area contributed by atoms with Crippen LogP contribution in [0.5, 0.6) is 0 Å². The van der Waals surface area contributed by atoms with Gasteiger partial charge < -0.3 is 72.9 Å². The van der Waals surface area contributed by atoms with Crippen molar-refractivity contribution in [3.63, 3.8) is 0 Å². The van der Waals surface area contributed by atoms with E-state index in [4.69, 9.17) is 21.1 Å². The van der Waals surface area contributed by atoms with E-state index in [0.29, 0.717) is 0 Å². The van der Waals surface area contributed by atoms with Gasteiger partial charge >= 0.3 is 19.8 Å². The quantitative estimate of drug-likeness (QED) is 0.0286. The zero-order valence-electron chi connectivity index (χ0n) is 31.2. The zero-order chi connectivity index (χ0) is 43.5. The molecular formula is C30H51N8O17P. The van der Waals surface area contributed by atoms with Gasteiger partial charge in [0.1, 0.15) is 42.5 Å². The summed E-state index contributed by atoms with van der Waals surface area (Å²) < 4.78 is 16.0. The van der Waals surface area contributed by atoms with Crippen molar-refractivity contribution < 1.29 is 82.1 Å². The molecule has 0 aromatic heterocycles. The van der Waals surface area contributed by atoms with E-state index in [1.54, 1.807) is 13.8 Å². The first-order valence-electron chi connectivity index (χ1n) is 16.9. The van der Waals surface area contributed by atoms with E-state index >= 15 is 0 Å². The first kappa shape index (κ1) is 50.9. The van der Waals surface area contributed by atoms with Gasteiger partial charge in [-0.25, -0.2) is 4.57 Å². The summed E-state index contributed by atoms with van der Waals surface area (Å²) in [4.78, 5) is 141. The van der Waals surface area contributed by atoms with Gasteiger partial charge in [0, 0.05) is 6.42 Å². The highest BCUT2D eigenvalue weighted by Gasteiger charge is 2.35. The summed E-state index contributed by atoms with van der Waals surface area (Å²) in [6.45, 7) is 4.98. The van der Waals surface area contributed by atoms with Crippen LogP contribution in [0, 0.1) is 5.92 Å². The van der Waals surface area contributed by atoms with E-state index in [9.17, 15) is 62.3 Å². The van der Waals surface area contributed by atoms with Crippen molar-refractivity contribution in [2.24, 2.45) is 11.7 Å². The van der Waals surface area contributed by atoms with Crippen LogP contribution in [0.25, 0.3) is 0 Å². The molecule has 0 aromatic rings. The molecule has 56 heavy (non-hydrogen) atoms. The molecule has 0 bridgehead atoms. The highest BCUT2D eigenvalue weighted by Crippen LogP contribution is 2.38. The fourth-order valence-electron chi connectivity index (χ4n) is 4.46. The van der Waals surface area contributed by atoms with Crippen molar-refractivity contribution in [2.75, 3.05) is 13.2 Å². The SMILES string of the molecule is CC(C)C[C@H](NC(=O)[C@@H](N)CO)C(=O)N[C@@H](CCC(=O)O)C(=O)NCC(=O)N[C@H](C(=O)N[C@@H](C)C(=O)N[C@@H](C)C(=O)N[C@H](C=O)CC(=O)O)[C@@H](C)OP(=O)(O)O. The van der Waals surface area contributed by atoms with Crippen LogP contribution in [-0.2, 0) is 57.0 Å². The number of phosphoric ester groups is 1. The zero-order valence-corrected chi connectivity index (χ0v) is 32.1. The molecule has 0 aliphatic heterocycles. The number of aldehydes is 1. The molecule has 8 atom stereocenters. The Morgan fingerprint density at radius 2 is 1.25 bits per heavy atom. The number of carboxylic acids is 2. The number of aliphatic carboxylic acids is 2. The third-order valence-electron chi connectivity index (χ3n) is 7.34. The van der Waals surface area contributed by atoms with Crippen LogP contribution >= 0.6 is 7.82 Å². The molecule has 26 heteroatoms. The molecule has 0 unspecified atom stereocenters. The van der Waals surface area contributed by atoms with Crippen molar-refractivity contribution in [1.82, 2.24) is 37.2 Å². The third-order valence-corrected chi connectivity index (χ3v) is 7.95. The fraction of sp³-hybridized carbons (Fsp3) is 0.667. The summed E-state index contributed by atoms with van der Waals surface area (Å²) in [5, 5.41) is 42.4. The molecule has 0 saturated carbocycles. The normalized spacial score (nSPS) is 15.5. The second kappa shape index (κ2) is 24.4. The van der Waals surface area contributed by atoms with Crippen LogP contribution < -0.4 is 43.0 Å². The number of rotatable bonds is 26. The lowest BCUT2D eigenvalue weighted by Gasteiger charge is -2.27. The summed E-state index contributed by atoms with van der Waals surface area (Å²) in [6, 6.07) is -10.5. The van der Waals surface area contributed by atoms with Crippen LogP contribution in [0.4, 0.5) is 0 Å². The lowest BCUT2D eigenvalue weighted by molar-refractivity contribution is -0.139. The number of carbonyl (C=O) groups is 10. The summed E-state index contributed by atoms with van der Waals surface area (Å²) >= 11 is 0. The number of hydrogen-bond donors (Lipinski definition) is 13. The van der Waals surface area contributed by atoms with E-state index in [-0.39, 0.29) is 18.6 Å². The molecular weight excluding hydrogens is 775 g/mol. The molecule has 0 fully saturated rings. The molecule has 14 N–H and O–H groups in total. The number of hydrogen-bond acceptors (Lipinski definition) is 14. The average molecular weight is 827 g/mol. The van der Waals surface area contributed by atoms with Crippen LogP contribution in [0.1, 0.15) is 60.3 Å². The number of nitrogens with one attached hydrogen (secondary N) is 7. The maximum atomic E-state index is 13.2. The molecule has 0 rings (SSSR count). The summed E-state index contributed by atoms with van der Waals surface area (Å²) in [7, 11) is -5.29. The van der Waals surface area contributed by atoms with Crippen LogP contribution in [-0.4, -0.2) is 146 Å². The Kier molecular flexibility index (Phi) is 22.2. The van der Waals surface area contributed by atoms with E-state index in [1.165, 1.54) is 6.92 Å². The van der Waals surface area contributed by atoms with Gasteiger partial charge in [-0.1, -0.05) is 13.8 Å². The minimum Gasteiger partial charge on any atom is -0.481 e. The number of aliphatic hydroxyl groups is 1. The molecule has 7 amide bonds. The van der Waals surface area contributed by atoms with Crippen molar-refractivity contribution in [3.8, 4) is 0 Å². The second-order valence-corrected chi connectivity index (χ2v) is 14.0. The van der Waals surface area contributed by atoms with E-state index in [0.717, 1.165) is 13.8 Å². The van der Waals surface area contributed by atoms with E-state index in [1.807, 2.05) is 0 Å². The van der Waals surface area contributed by atoms with Gasteiger partial charge in [0.25, 0.3) is 0 Å². The van der Waals surface area contributed by atoms with Crippen molar-refractivity contribution >= 4 is 67.4 Å². The fourth-order valence-corrected chi connectivity index (χ4v) is 5.02. The van der Waals surface area contributed by atoms with Gasteiger partial charge in [0.05, 0.1) is 31.7 Å². The molecule has 0 radical (unpaired) electrons. The largest absolute Gasteiger partial charge is 0.481 e. The van der Waals surface area contributed by atoms with Crippen molar-refractivity contribution in [3.05, 3.63) is 0 Å². The van der Waals surface area contributed by atoms with Gasteiger partial charge in [0.15, 0.2) is 0 Å². The predicted octanol–water partition coefficient (Wildman–Crippen LogP) is -5.55. The van der Waals surface area contributed by atoms with Crippen LogP contribution in [0.2, 0.25) is 0 Å². The summed E-state index contributed by atoms with van der Waals surface area (Å²) in [6.07, 6.45) is -3.45. The summed E-state index contributed by atoms with van der Waals surface area (Å²) in [5.74, 6) is -10.2. The average Bonchev–Trinajstić information content (AvgIpc) is 3.08. The summed E-state index contributed by atoms with van der Waals surface area (Å²) in [5.41, 5.74) is 5.50. The standard InChI is InChI=1S/C30H51N8O17P/c1-13(2)8-20(37-27(48)18(31)12-40)29(50)36-19(6-7-22(42)43)28(49)32-10-21(41)38-24(16(5)55-56(52,53)54)30(51)34-14(3)25(46)33-15(4)26(47)35-17(11-39)9-23(44)45/h11,13-20,24,40H,6-10,12,31H2,1-5H3,(H,32,49)(H,33,46)(H,34,51)(H,35,47)(H,36,50)(H,37,48)(H,38,41)(H,42,43)(H,44,45)(H2,52,53,54)/t14-,15-,16+,17-,18-,19-,20-,24-/m0/s1. The lowest BCUT2D eigenvalue weighted by Crippen LogP contribution is -2.59. The first-order valence-corrected chi connectivity index (χ1v) is 18.4. The molecule has 0 aliphatic carbocycles. The Balaban J connectivity index is 5.87. The molecule has 25 nitrogen and oxygen atoms in total. The number of carbonyl (C=O) groups excluding carboxylic acids is 8. The maximum absolute atomic E-state index is 13.2. The lowest BCUT2D eigenvalue weighted by atomic mass is 10.0. The Morgan fingerprint density at radius 3 is 1.73 bits per heavy atom. The highest BCUT2D eigenvalue weighted by atomic mass is 31.2. The third kappa shape index (κ3) is 20.6. The van der Waals surface area contributed by atoms with Crippen molar-refractivity contribution in [2.45, 2.75) is 109 Å². The van der Waals surface area contributed by atoms with Gasteiger partial charge in [0.2, 0.25) is 41.4 Å². The van der Waals surface area contributed by atoms with Gasteiger partial charge in [-0.15, -0.1) is 0 Å². The smallest absolute Gasteiger partial charge is 0.469 e. The molecule has 0 aliphatic rings. The van der Waals surface area contributed by atoms with Crippen LogP contribution in [0.3, 0.4) is 0 Å². The number of amides is 7. The Labute approximate surface area is 320 Å². The first-order chi connectivity index (χ1) is 25.8. The Morgan fingerprint density at radius 1 is 0.714 bits per heavy atom. The molecule has 0 heterocycles. The van der Waals surface area contributed by atoms with Crippen LogP contribution in [0.15, 0.2) is 0 Å². The Bertz CT molecular complexity index is 1490. The molecule has 0 aromatic carbocycles. The predicted molar refractivity (Wildman–Crippen MR) is 188 cm³/mol. The second-order valence-electron chi connectivity index (χ2n) is 12.8. The van der Waals surface area contributed by atoms with E-state index < -0.39 is 142 Å². The monoisotopic (exact) mass is 826 g/mol. The maximum Gasteiger partial charge on any atom is 0.469 e. The molecule has 0 saturated heterocycles. The van der Waals surface area contributed by atoms with Gasteiger partial charge in [-0.2, -0.15) is 0 Å². The number of phosphoric acid groups is 1. The highest BCUT2D eigenvalue weighted by molar-refractivity contribution is 7.46. The van der Waals surface area contributed by atoms with Crippen molar-refractivity contribution in [1.29, 1.82) is 0 Å². The molecule has 0 spiro atoms. The molecule has 318 valence electrons. The van der Waals surface area contributed by atoms with E-state index in [2.05, 4.69) is 41.7 Å². The number of nitrogens with two attached hydrogens (primary N) is 1. The minimum atomic E-state index is -5.29. The van der Waals surface area contributed by atoms with Gasteiger partial charge in [-0.3, -0.25) is 47.7 Å².